The fourth-order valence-electron chi connectivity index (χ4n) is 3.28. The van der Waals surface area contributed by atoms with Crippen molar-refractivity contribution in [2.24, 2.45) is 7.05 Å². The first kappa shape index (κ1) is 23.1. The van der Waals surface area contributed by atoms with Crippen molar-refractivity contribution >= 4 is 11.8 Å². The van der Waals surface area contributed by atoms with Crippen molar-refractivity contribution in [2.75, 3.05) is 0 Å². The molecular formula is C25H20FN5O2S. The monoisotopic (exact) mass is 473 g/mol. The summed E-state index contributed by atoms with van der Waals surface area (Å²) < 4.78 is 21.1. The van der Waals surface area contributed by atoms with Gasteiger partial charge in [0.25, 0.3) is 5.56 Å². The van der Waals surface area contributed by atoms with Crippen LogP contribution < -0.4 is 10.3 Å². The third-order valence-corrected chi connectivity index (χ3v) is 6.14. The summed E-state index contributed by atoms with van der Waals surface area (Å²) in [5, 5.41) is 10.1. The summed E-state index contributed by atoms with van der Waals surface area (Å²) in [6.07, 6.45) is 6.97. The van der Waals surface area contributed by atoms with Crippen LogP contribution in [0.15, 0.2) is 71.3 Å². The predicted octanol–water partition coefficient (Wildman–Crippen LogP) is 4.56. The molecule has 0 aliphatic carbocycles. The minimum absolute atomic E-state index is 0.291. The average Bonchev–Trinajstić information content (AvgIpc) is 2.84. The number of hydrogen-bond acceptors (Lipinski definition) is 7. The summed E-state index contributed by atoms with van der Waals surface area (Å²) in [6.45, 7) is 1.65. The van der Waals surface area contributed by atoms with Crippen molar-refractivity contribution < 1.29 is 9.13 Å². The number of thioether (sulfide) groups is 1. The molecule has 0 fully saturated rings. The van der Waals surface area contributed by atoms with Gasteiger partial charge in [-0.1, -0.05) is 17.8 Å². The third-order valence-electron chi connectivity index (χ3n) is 5.02. The molecule has 7 nitrogen and oxygen atoms in total. The van der Waals surface area contributed by atoms with Gasteiger partial charge in [0, 0.05) is 43.4 Å². The van der Waals surface area contributed by atoms with Crippen LogP contribution in [0.4, 0.5) is 4.39 Å². The topological polar surface area (TPSA) is 93.7 Å². The molecular weight excluding hydrogens is 453 g/mol. The molecule has 170 valence electrons. The highest BCUT2D eigenvalue weighted by Crippen LogP contribution is 2.29. The molecule has 0 saturated carbocycles. The first-order chi connectivity index (χ1) is 16.4. The summed E-state index contributed by atoms with van der Waals surface area (Å²) >= 11 is 1.40. The van der Waals surface area contributed by atoms with Crippen molar-refractivity contribution in [3.63, 3.8) is 0 Å². The Balaban J connectivity index is 1.47. The summed E-state index contributed by atoms with van der Waals surface area (Å²) in [5.41, 5.74) is 2.81. The van der Waals surface area contributed by atoms with Gasteiger partial charge in [0.05, 0.1) is 5.56 Å². The molecule has 4 rings (SSSR count). The van der Waals surface area contributed by atoms with Crippen molar-refractivity contribution in [3.8, 4) is 17.6 Å². The van der Waals surface area contributed by atoms with Gasteiger partial charge in [-0.25, -0.2) is 14.4 Å². The molecule has 4 aromatic rings. The lowest BCUT2D eigenvalue weighted by Gasteiger charge is -2.11. The van der Waals surface area contributed by atoms with E-state index in [1.54, 1.807) is 43.7 Å². The maximum atomic E-state index is 13.5. The average molecular weight is 474 g/mol. The molecule has 0 N–H and O–H groups in total. The lowest BCUT2D eigenvalue weighted by molar-refractivity contribution is 0.478. The van der Waals surface area contributed by atoms with E-state index in [-0.39, 0.29) is 11.4 Å². The number of halogens is 1. The molecule has 34 heavy (non-hydrogen) atoms. The van der Waals surface area contributed by atoms with Gasteiger partial charge in [-0.15, -0.1) is 0 Å². The van der Waals surface area contributed by atoms with Crippen LogP contribution in [-0.4, -0.2) is 19.5 Å². The van der Waals surface area contributed by atoms with E-state index in [9.17, 15) is 14.4 Å². The van der Waals surface area contributed by atoms with E-state index in [1.807, 2.05) is 17.7 Å². The molecule has 2 aromatic carbocycles. The number of hydrogen-bond donors (Lipinski definition) is 0. The molecule has 0 saturated heterocycles. The molecule has 0 unspecified atom stereocenters. The summed E-state index contributed by atoms with van der Waals surface area (Å²) in [5.74, 6) is 1.04. The molecule has 0 aliphatic rings. The van der Waals surface area contributed by atoms with Crippen LogP contribution in [-0.2, 0) is 19.2 Å². The third kappa shape index (κ3) is 5.47. The number of nitriles is 1. The Morgan fingerprint density at radius 1 is 1.15 bits per heavy atom. The lowest BCUT2D eigenvalue weighted by atomic mass is 10.1. The predicted molar refractivity (Wildman–Crippen MR) is 126 cm³/mol. The fourth-order valence-corrected chi connectivity index (χ4v) is 4.16. The Bertz CT molecular complexity index is 1430. The minimum atomic E-state index is -0.314. The van der Waals surface area contributed by atoms with Gasteiger partial charge in [0.1, 0.15) is 29.7 Å². The van der Waals surface area contributed by atoms with E-state index in [0.717, 1.165) is 11.1 Å². The standard InChI is InChI=1S/C25H20FN5O2S/c1-16-7-21(4-5-22(16)26)33-23-6-3-17(8-19(23)10-27)14-34-25-30-24(32)20(13-31(25)2)9-18-11-28-15-29-12-18/h3-8,11-13,15H,9,14H2,1-2H3. The quantitative estimate of drug-likeness (QED) is 0.287. The van der Waals surface area contributed by atoms with Gasteiger partial charge in [-0.05, 0) is 53.9 Å². The van der Waals surface area contributed by atoms with Crippen LogP contribution in [0.5, 0.6) is 11.5 Å². The van der Waals surface area contributed by atoms with Crippen molar-refractivity contribution in [3.05, 3.63) is 105 Å². The number of nitrogens with zero attached hydrogens (tertiary/aromatic N) is 5. The number of ether oxygens (including phenoxy) is 1. The Labute approximate surface area is 199 Å². The zero-order valence-corrected chi connectivity index (χ0v) is 19.3. The summed E-state index contributed by atoms with van der Waals surface area (Å²) in [4.78, 5) is 24.7. The molecule has 2 heterocycles. The molecule has 0 atom stereocenters. The van der Waals surface area contributed by atoms with E-state index in [0.29, 0.717) is 45.5 Å². The van der Waals surface area contributed by atoms with Crippen LogP contribution in [0.1, 0.15) is 27.8 Å². The number of aromatic nitrogens is 4. The highest BCUT2D eigenvalue weighted by atomic mass is 32.2. The molecule has 0 spiro atoms. The highest BCUT2D eigenvalue weighted by Gasteiger charge is 2.11. The van der Waals surface area contributed by atoms with Crippen LogP contribution in [0.25, 0.3) is 0 Å². The smallest absolute Gasteiger partial charge is 0.277 e. The van der Waals surface area contributed by atoms with E-state index >= 15 is 0 Å². The molecule has 0 bridgehead atoms. The zero-order valence-electron chi connectivity index (χ0n) is 18.5. The number of rotatable bonds is 7. The largest absolute Gasteiger partial charge is 0.456 e. The lowest BCUT2D eigenvalue weighted by Crippen LogP contribution is -2.18. The maximum absolute atomic E-state index is 13.5. The van der Waals surface area contributed by atoms with E-state index in [2.05, 4.69) is 21.0 Å². The van der Waals surface area contributed by atoms with Crippen LogP contribution in [0.3, 0.4) is 0 Å². The van der Waals surface area contributed by atoms with Crippen LogP contribution in [0.2, 0.25) is 0 Å². The Hall–Kier alpha value is -4.03. The summed E-state index contributed by atoms with van der Waals surface area (Å²) in [6, 6.07) is 11.9. The summed E-state index contributed by atoms with van der Waals surface area (Å²) in [7, 11) is 1.84. The first-order valence-corrected chi connectivity index (χ1v) is 11.3. The second-order valence-electron chi connectivity index (χ2n) is 7.63. The van der Waals surface area contributed by atoms with Crippen molar-refractivity contribution in [1.29, 1.82) is 5.26 Å². The Kier molecular flexibility index (Phi) is 6.99. The zero-order chi connectivity index (χ0) is 24.1. The van der Waals surface area contributed by atoms with Gasteiger partial charge in [0.15, 0.2) is 5.16 Å². The second kappa shape index (κ2) is 10.3. The Morgan fingerprint density at radius 3 is 2.68 bits per heavy atom. The van der Waals surface area contributed by atoms with Gasteiger partial charge in [-0.2, -0.15) is 10.2 Å². The van der Waals surface area contributed by atoms with E-state index < -0.39 is 0 Å². The van der Waals surface area contributed by atoms with Gasteiger partial charge in [-0.3, -0.25) is 4.79 Å². The maximum Gasteiger partial charge on any atom is 0.277 e. The van der Waals surface area contributed by atoms with E-state index in [1.165, 1.54) is 30.2 Å². The molecule has 0 aliphatic heterocycles. The fraction of sp³-hybridized carbons (Fsp3) is 0.160. The van der Waals surface area contributed by atoms with Crippen molar-refractivity contribution in [1.82, 2.24) is 19.5 Å². The minimum Gasteiger partial charge on any atom is -0.456 e. The Morgan fingerprint density at radius 2 is 1.94 bits per heavy atom. The van der Waals surface area contributed by atoms with Crippen molar-refractivity contribution in [2.45, 2.75) is 24.3 Å². The van der Waals surface area contributed by atoms with E-state index in [4.69, 9.17) is 4.74 Å². The number of aryl methyl sites for hydroxylation is 2. The highest BCUT2D eigenvalue weighted by molar-refractivity contribution is 7.98. The SMILES string of the molecule is Cc1cc(Oc2ccc(CSc3nc(=O)c(Cc4cncnc4)cn3C)cc2C#N)ccc1F. The second-order valence-corrected chi connectivity index (χ2v) is 8.57. The number of benzene rings is 2. The van der Waals surface area contributed by atoms with Gasteiger partial charge >= 0.3 is 0 Å². The molecule has 2 aromatic heterocycles. The van der Waals surface area contributed by atoms with Crippen LogP contribution >= 0.6 is 11.8 Å². The van der Waals surface area contributed by atoms with Crippen LogP contribution in [0, 0.1) is 24.1 Å². The molecule has 0 radical (unpaired) electrons. The normalized spacial score (nSPS) is 10.6. The van der Waals surface area contributed by atoms with Gasteiger partial charge in [0.2, 0.25) is 0 Å². The van der Waals surface area contributed by atoms with Gasteiger partial charge < -0.3 is 9.30 Å². The molecule has 0 amide bonds. The first-order valence-electron chi connectivity index (χ1n) is 10.3. The molecule has 9 heteroatoms.